The molecule has 0 saturated heterocycles. The number of thioether (sulfide) groups is 1. The summed E-state index contributed by atoms with van der Waals surface area (Å²) in [4.78, 5) is 5.55. The summed E-state index contributed by atoms with van der Waals surface area (Å²) >= 11 is 1.69. The summed E-state index contributed by atoms with van der Waals surface area (Å²) in [5, 5.41) is 15.1. The molecular formula is C15H16N4S. The zero-order chi connectivity index (χ0) is 14.5. The summed E-state index contributed by atoms with van der Waals surface area (Å²) in [6, 6.07) is 8.16. The fourth-order valence-electron chi connectivity index (χ4n) is 1.74. The van der Waals surface area contributed by atoms with Crippen LogP contribution in [0.25, 0.3) is 0 Å². The molecular weight excluding hydrogens is 268 g/mol. The lowest BCUT2D eigenvalue weighted by Crippen LogP contribution is -2.20. The predicted molar refractivity (Wildman–Crippen MR) is 86.2 cm³/mol. The number of rotatable bonds is 4. The highest BCUT2D eigenvalue weighted by Gasteiger charge is 2.09. The first-order valence-electron chi connectivity index (χ1n) is 6.10. The minimum absolute atomic E-state index is 0.157. The molecule has 4 N–H and O–H groups in total. The van der Waals surface area contributed by atoms with E-state index in [4.69, 9.17) is 16.6 Å². The Balaban J connectivity index is 2.11. The van der Waals surface area contributed by atoms with Crippen molar-refractivity contribution < 1.29 is 0 Å². The normalized spacial score (nSPS) is 15.4. The molecule has 2 rings (SSSR count). The molecule has 0 bridgehead atoms. The van der Waals surface area contributed by atoms with Crippen molar-refractivity contribution in [2.75, 3.05) is 6.26 Å². The second-order valence-electron chi connectivity index (χ2n) is 4.31. The molecule has 0 saturated carbocycles. The molecule has 0 unspecified atom stereocenters. The third kappa shape index (κ3) is 3.45. The molecule has 0 spiro atoms. The SMILES string of the molecule is CSc1cccc(CN=C(N)C2=CC(=N)C(=N)C=C2)c1. The van der Waals surface area contributed by atoms with Gasteiger partial charge in [0.1, 0.15) is 5.84 Å². The van der Waals surface area contributed by atoms with Gasteiger partial charge in [0, 0.05) is 10.5 Å². The minimum Gasteiger partial charge on any atom is -0.383 e. The van der Waals surface area contributed by atoms with Crippen molar-refractivity contribution in [2.45, 2.75) is 11.4 Å². The van der Waals surface area contributed by atoms with Crippen LogP contribution in [0.3, 0.4) is 0 Å². The fraction of sp³-hybridized carbons (Fsp3) is 0.133. The van der Waals surface area contributed by atoms with Gasteiger partial charge in [-0.15, -0.1) is 11.8 Å². The van der Waals surface area contributed by atoms with Gasteiger partial charge in [0.25, 0.3) is 0 Å². The maximum atomic E-state index is 7.60. The number of hydrogen-bond donors (Lipinski definition) is 3. The fourth-order valence-corrected chi connectivity index (χ4v) is 2.23. The second kappa shape index (κ2) is 6.34. The molecule has 4 nitrogen and oxygen atoms in total. The highest BCUT2D eigenvalue weighted by atomic mass is 32.2. The summed E-state index contributed by atoms with van der Waals surface area (Å²) in [6.07, 6.45) is 6.89. The Hall–Kier alpha value is -2.14. The van der Waals surface area contributed by atoms with Gasteiger partial charge in [-0.25, -0.2) is 0 Å². The first-order chi connectivity index (χ1) is 9.60. The van der Waals surface area contributed by atoms with Crippen LogP contribution < -0.4 is 5.73 Å². The molecule has 0 aliphatic heterocycles. The highest BCUT2D eigenvalue weighted by Crippen LogP contribution is 2.16. The number of amidine groups is 1. The lowest BCUT2D eigenvalue weighted by atomic mass is 10.0. The van der Waals surface area contributed by atoms with Crippen LogP contribution in [0, 0.1) is 10.8 Å². The van der Waals surface area contributed by atoms with Gasteiger partial charge in [-0.05, 0) is 42.2 Å². The number of aliphatic imine (C=N–C) groups is 1. The summed E-state index contributed by atoms with van der Waals surface area (Å²) in [7, 11) is 0. The van der Waals surface area contributed by atoms with Crippen LogP contribution in [-0.4, -0.2) is 23.5 Å². The number of hydrogen-bond acceptors (Lipinski definition) is 4. The van der Waals surface area contributed by atoms with E-state index in [1.165, 1.54) is 4.90 Å². The van der Waals surface area contributed by atoms with Crippen LogP contribution in [-0.2, 0) is 6.54 Å². The standard InChI is InChI=1S/C15H16N4S/c1-20-12-4-2-3-10(7-12)9-19-15(18)11-5-6-13(16)14(17)8-11/h2-8,16-17H,9H2,1H3,(H2,18,19). The molecule has 1 aliphatic carbocycles. The van der Waals surface area contributed by atoms with Crippen LogP contribution in [0.15, 0.2) is 58.0 Å². The summed E-state index contributed by atoms with van der Waals surface area (Å²) < 4.78 is 0. The van der Waals surface area contributed by atoms with E-state index in [1.54, 1.807) is 30.0 Å². The Labute approximate surface area is 122 Å². The maximum Gasteiger partial charge on any atom is 0.126 e. The Morgan fingerprint density at radius 1 is 1.25 bits per heavy atom. The largest absolute Gasteiger partial charge is 0.383 e. The second-order valence-corrected chi connectivity index (χ2v) is 5.19. The monoisotopic (exact) mass is 284 g/mol. The number of nitrogens with one attached hydrogen (secondary N) is 2. The molecule has 102 valence electrons. The Morgan fingerprint density at radius 2 is 2.05 bits per heavy atom. The van der Waals surface area contributed by atoms with Crippen molar-refractivity contribution >= 4 is 29.0 Å². The van der Waals surface area contributed by atoms with Crippen LogP contribution in [0.2, 0.25) is 0 Å². The smallest absolute Gasteiger partial charge is 0.126 e. The van der Waals surface area contributed by atoms with Crippen molar-refractivity contribution in [3.05, 3.63) is 53.6 Å². The van der Waals surface area contributed by atoms with Gasteiger partial charge in [0.15, 0.2) is 0 Å². The quantitative estimate of drug-likeness (QED) is 0.344. The molecule has 1 aromatic carbocycles. The van der Waals surface area contributed by atoms with E-state index < -0.39 is 0 Å². The van der Waals surface area contributed by atoms with Gasteiger partial charge in [-0.1, -0.05) is 12.1 Å². The van der Waals surface area contributed by atoms with Crippen LogP contribution in [0.1, 0.15) is 5.56 Å². The molecule has 0 atom stereocenters. The number of allylic oxidation sites excluding steroid dienone is 2. The van der Waals surface area contributed by atoms with Crippen molar-refractivity contribution in [3.8, 4) is 0 Å². The van der Waals surface area contributed by atoms with Gasteiger partial charge >= 0.3 is 0 Å². The topological polar surface area (TPSA) is 86.1 Å². The number of benzene rings is 1. The number of nitrogens with two attached hydrogens (primary N) is 1. The lowest BCUT2D eigenvalue weighted by molar-refractivity contribution is 1.05. The predicted octanol–water partition coefficient (Wildman–Crippen LogP) is 2.80. The first-order valence-corrected chi connectivity index (χ1v) is 7.33. The van der Waals surface area contributed by atoms with Crippen molar-refractivity contribution in [2.24, 2.45) is 10.7 Å². The van der Waals surface area contributed by atoms with Crippen molar-refractivity contribution in [1.29, 1.82) is 10.8 Å². The molecule has 1 aliphatic rings. The summed E-state index contributed by atoms with van der Waals surface area (Å²) in [6.45, 7) is 0.510. The van der Waals surface area contributed by atoms with Gasteiger partial charge in [-0.2, -0.15) is 0 Å². The molecule has 0 aromatic heterocycles. The average Bonchev–Trinajstić information content (AvgIpc) is 2.47. The van der Waals surface area contributed by atoms with Gasteiger partial charge in [0.2, 0.25) is 0 Å². The third-order valence-corrected chi connectivity index (χ3v) is 3.61. The Morgan fingerprint density at radius 3 is 2.75 bits per heavy atom. The van der Waals surface area contributed by atoms with Crippen LogP contribution in [0.5, 0.6) is 0 Å². The first kappa shape index (κ1) is 14.3. The summed E-state index contributed by atoms with van der Waals surface area (Å²) in [5.41, 5.74) is 8.07. The Bertz CT molecular complexity index is 641. The van der Waals surface area contributed by atoms with E-state index in [1.807, 2.05) is 18.4 Å². The van der Waals surface area contributed by atoms with E-state index in [2.05, 4.69) is 17.1 Å². The van der Waals surface area contributed by atoms with E-state index >= 15 is 0 Å². The maximum absolute atomic E-state index is 7.60. The molecule has 0 amide bonds. The molecule has 5 heteroatoms. The van der Waals surface area contributed by atoms with Crippen LogP contribution in [0.4, 0.5) is 0 Å². The Kier molecular flexibility index (Phi) is 4.53. The molecule has 0 fully saturated rings. The van der Waals surface area contributed by atoms with E-state index in [0.717, 1.165) is 5.56 Å². The third-order valence-electron chi connectivity index (χ3n) is 2.88. The summed E-state index contributed by atoms with van der Waals surface area (Å²) in [5.74, 6) is 0.396. The lowest BCUT2D eigenvalue weighted by Gasteiger charge is -2.08. The zero-order valence-electron chi connectivity index (χ0n) is 11.2. The van der Waals surface area contributed by atoms with Gasteiger partial charge in [0.05, 0.1) is 18.0 Å². The minimum atomic E-state index is 0.157. The van der Waals surface area contributed by atoms with Crippen molar-refractivity contribution in [1.82, 2.24) is 0 Å². The molecule has 0 radical (unpaired) electrons. The van der Waals surface area contributed by atoms with Crippen molar-refractivity contribution in [3.63, 3.8) is 0 Å². The molecule has 0 heterocycles. The van der Waals surface area contributed by atoms with E-state index in [-0.39, 0.29) is 11.4 Å². The number of nitrogens with zero attached hydrogens (tertiary/aromatic N) is 1. The molecule has 1 aromatic rings. The average molecular weight is 284 g/mol. The van der Waals surface area contributed by atoms with E-state index in [9.17, 15) is 0 Å². The van der Waals surface area contributed by atoms with Gasteiger partial charge in [-0.3, -0.25) is 15.8 Å². The zero-order valence-corrected chi connectivity index (χ0v) is 12.0. The highest BCUT2D eigenvalue weighted by molar-refractivity contribution is 7.98. The van der Waals surface area contributed by atoms with Crippen LogP contribution >= 0.6 is 11.8 Å². The van der Waals surface area contributed by atoms with E-state index in [0.29, 0.717) is 18.0 Å². The molecule has 20 heavy (non-hydrogen) atoms. The van der Waals surface area contributed by atoms with Gasteiger partial charge < -0.3 is 5.73 Å².